The molecular formula is C11H17N3O2. The summed E-state index contributed by atoms with van der Waals surface area (Å²) < 4.78 is 4.68. The topological polar surface area (TPSA) is 58.4 Å². The molecule has 1 amide bonds. The van der Waals surface area contributed by atoms with Crippen molar-refractivity contribution in [2.75, 3.05) is 20.1 Å². The molecule has 0 saturated carbocycles. The molecule has 1 saturated heterocycles. The van der Waals surface area contributed by atoms with Crippen LogP contribution in [0.1, 0.15) is 30.3 Å². The normalized spacial score (nSPS) is 19.8. The highest BCUT2D eigenvalue weighted by Crippen LogP contribution is 2.21. The summed E-state index contributed by atoms with van der Waals surface area (Å²) >= 11 is 0. The van der Waals surface area contributed by atoms with Crippen LogP contribution in [0.4, 0.5) is 0 Å². The molecular weight excluding hydrogens is 206 g/mol. The Labute approximate surface area is 94.8 Å². The smallest absolute Gasteiger partial charge is 0.276 e. The number of hydrogen-bond acceptors (Lipinski definition) is 4. The Bertz CT molecular complexity index is 353. The molecule has 0 spiro atoms. The Morgan fingerprint density at radius 3 is 2.75 bits per heavy atom. The van der Waals surface area contributed by atoms with E-state index < -0.39 is 0 Å². The lowest BCUT2D eigenvalue weighted by atomic mass is 9.90. The molecule has 16 heavy (non-hydrogen) atoms. The minimum absolute atomic E-state index is 0.0353. The molecule has 0 radical (unpaired) electrons. The van der Waals surface area contributed by atoms with Crippen molar-refractivity contribution in [2.45, 2.75) is 25.3 Å². The van der Waals surface area contributed by atoms with Crippen LogP contribution in [-0.2, 0) is 0 Å². The zero-order valence-electron chi connectivity index (χ0n) is 9.69. The highest BCUT2D eigenvalue weighted by Gasteiger charge is 2.31. The van der Waals surface area contributed by atoms with Gasteiger partial charge in [0.05, 0.1) is 0 Å². The molecule has 1 aromatic rings. The molecule has 0 aromatic carbocycles. The molecule has 2 heterocycles. The predicted molar refractivity (Wildman–Crippen MR) is 59.1 cm³/mol. The third-order valence-electron chi connectivity index (χ3n) is 3.41. The maximum Gasteiger partial charge on any atom is 0.276 e. The number of aromatic nitrogens is 1. The molecule has 1 aromatic heterocycles. The molecule has 1 N–H and O–H groups in total. The van der Waals surface area contributed by atoms with Gasteiger partial charge in [0.1, 0.15) is 6.26 Å². The third-order valence-corrected chi connectivity index (χ3v) is 3.41. The summed E-state index contributed by atoms with van der Waals surface area (Å²) in [6, 6.07) is 1.61. The lowest BCUT2D eigenvalue weighted by molar-refractivity contribution is 0.0651. The van der Waals surface area contributed by atoms with E-state index in [-0.39, 0.29) is 11.4 Å². The van der Waals surface area contributed by atoms with Gasteiger partial charge < -0.3 is 14.7 Å². The number of nitrogens with one attached hydrogen (secondary N) is 1. The molecule has 1 aliphatic heterocycles. The third kappa shape index (κ3) is 2.09. The molecule has 1 fully saturated rings. The van der Waals surface area contributed by atoms with E-state index in [1.165, 1.54) is 6.26 Å². The molecule has 2 rings (SSSR count). The molecule has 1 aliphatic rings. The Morgan fingerprint density at radius 1 is 1.56 bits per heavy atom. The van der Waals surface area contributed by atoms with Gasteiger partial charge in [0, 0.05) is 24.7 Å². The van der Waals surface area contributed by atoms with E-state index in [4.69, 9.17) is 0 Å². The van der Waals surface area contributed by atoms with Crippen LogP contribution in [0.25, 0.3) is 0 Å². The molecule has 0 atom stereocenters. The van der Waals surface area contributed by atoms with Crippen LogP contribution in [0.3, 0.4) is 0 Å². The summed E-state index contributed by atoms with van der Waals surface area (Å²) in [6.07, 6.45) is 3.36. The Kier molecular flexibility index (Phi) is 2.96. The second-order valence-corrected chi connectivity index (χ2v) is 4.49. The summed E-state index contributed by atoms with van der Waals surface area (Å²) in [5, 5.41) is 6.97. The van der Waals surface area contributed by atoms with Gasteiger partial charge in [-0.3, -0.25) is 4.79 Å². The number of carbonyl (C=O) groups excluding carboxylic acids is 1. The zero-order chi connectivity index (χ0) is 11.6. The van der Waals surface area contributed by atoms with E-state index in [2.05, 4.69) is 21.9 Å². The lowest BCUT2D eigenvalue weighted by Gasteiger charge is -2.39. The average Bonchev–Trinajstić information content (AvgIpc) is 2.83. The summed E-state index contributed by atoms with van der Waals surface area (Å²) in [5.41, 5.74) is 0.550. The van der Waals surface area contributed by atoms with Crippen molar-refractivity contribution >= 4 is 5.91 Å². The first-order valence-electron chi connectivity index (χ1n) is 5.53. The van der Waals surface area contributed by atoms with Gasteiger partial charge in [-0.05, 0) is 26.8 Å². The number of hydrogen-bond donors (Lipinski definition) is 1. The van der Waals surface area contributed by atoms with Crippen molar-refractivity contribution in [1.82, 2.24) is 15.4 Å². The molecule has 5 heteroatoms. The second kappa shape index (κ2) is 4.25. The SMILES string of the molecule is CNC1(C)CCN(C(=O)c2ccon2)CC1. The van der Waals surface area contributed by atoms with Crippen molar-refractivity contribution in [3.63, 3.8) is 0 Å². The van der Waals surface area contributed by atoms with E-state index >= 15 is 0 Å². The van der Waals surface area contributed by atoms with Crippen LogP contribution in [0, 0.1) is 0 Å². The fourth-order valence-electron chi connectivity index (χ4n) is 1.94. The van der Waals surface area contributed by atoms with Gasteiger partial charge in [0.15, 0.2) is 5.69 Å². The average molecular weight is 223 g/mol. The van der Waals surface area contributed by atoms with E-state index in [0.29, 0.717) is 5.69 Å². The highest BCUT2D eigenvalue weighted by atomic mass is 16.5. The highest BCUT2D eigenvalue weighted by molar-refractivity contribution is 5.92. The van der Waals surface area contributed by atoms with Crippen molar-refractivity contribution in [2.24, 2.45) is 0 Å². The molecule has 0 bridgehead atoms. The van der Waals surface area contributed by atoms with Crippen LogP contribution < -0.4 is 5.32 Å². The summed E-state index contributed by atoms with van der Waals surface area (Å²) in [4.78, 5) is 13.8. The Hall–Kier alpha value is -1.36. The van der Waals surface area contributed by atoms with Gasteiger partial charge in [-0.15, -0.1) is 0 Å². The van der Waals surface area contributed by atoms with Crippen LogP contribution in [-0.4, -0.2) is 41.6 Å². The van der Waals surface area contributed by atoms with Crippen molar-refractivity contribution < 1.29 is 9.32 Å². The van der Waals surface area contributed by atoms with Crippen molar-refractivity contribution in [1.29, 1.82) is 0 Å². The Balaban J connectivity index is 1.97. The van der Waals surface area contributed by atoms with Gasteiger partial charge in [-0.25, -0.2) is 0 Å². The minimum Gasteiger partial charge on any atom is -0.364 e. The standard InChI is InChI=1S/C11H17N3O2/c1-11(12-2)4-6-14(7-5-11)10(15)9-3-8-16-13-9/h3,8,12H,4-7H2,1-2H3. The number of likely N-dealkylation sites (tertiary alicyclic amines) is 1. The monoisotopic (exact) mass is 223 g/mol. The first kappa shape index (κ1) is 11.1. The van der Waals surface area contributed by atoms with Crippen LogP contribution in [0.2, 0.25) is 0 Å². The van der Waals surface area contributed by atoms with Crippen molar-refractivity contribution in [3.8, 4) is 0 Å². The molecule has 88 valence electrons. The van der Waals surface area contributed by atoms with Crippen LogP contribution in [0.15, 0.2) is 16.9 Å². The van der Waals surface area contributed by atoms with Gasteiger partial charge >= 0.3 is 0 Å². The van der Waals surface area contributed by atoms with Gasteiger partial charge in [-0.2, -0.15) is 0 Å². The van der Waals surface area contributed by atoms with E-state index in [0.717, 1.165) is 25.9 Å². The second-order valence-electron chi connectivity index (χ2n) is 4.49. The van der Waals surface area contributed by atoms with E-state index in [1.807, 2.05) is 11.9 Å². The quantitative estimate of drug-likeness (QED) is 0.809. The number of piperidine rings is 1. The maximum atomic E-state index is 11.9. The fraction of sp³-hybridized carbons (Fsp3) is 0.636. The number of rotatable bonds is 2. The first-order chi connectivity index (χ1) is 7.64. The molecule has 5 nitrogen and oxygen atoms in total. The number of carbonyl (C=O) groups is 1. The van der Waals surface area contributed by atoms with Crippen LogP contribution in [0.5, 0.6) is 0 Å². The zero-order valence-corrected chi connectivity index (χ0v) is 9.69. The van der Waals surface area contributed by atoms with Gasteiger partial charge in [0.2, 0.25) is 0 Å². The summed E-state index contributed by atoms with van der Waals surface area (Å²) in [6.45, 7) is 3.72. The predicted octanol–water partition coefficient (Wildman–Crippen LogP) is 0.889. The Morgan fingerprint density at radius 2 is 2.25 bits per heavy atom. The van der Waals surface area contributed by atoms with Crippen LogP contribution >= 0.6 is 0 Å². The largest absolute Gasteiger partial charge is 0.364 e. The molecule has 0 aliphatic carbocycles. The van der Waals surface area contributed by atoms with Gasteiger partial charge in [-0.1, -0.05) is 5.16 Å². The first-order valence-corrected chi connectivity index (χ1v) is 5.53. The van der Waals surface area contributed by atoms with Crippen molar-refractivity contribution in [3.05, 3.63) is 18.0 Å². The maximum absolute atomic E-state index is 11.9. The number of nitrogens with zero attached hydrogens (tertiary/aromatic N) is 2. The van der Waals surface area contributed by atoms with Gasteiger partial charge in [0.25, 0.3) is 5.91 Å². The fourth-order valence-corrected chi connectivity index (χ4v) is 1.94. The van der Waals surface area contributed by atoms with E-state index in [1.54, 1.807) is 6.07 Å². The van der Waals surface area contributed by atoms with E-state index in [9.17, 15) is 4.79 Å². The number of amides is 1. The summed E-state index contributed by atoms with van der Waals surface area (Å²) in [5.74, 6) is -0.0353. The summed E-state index contributed by atoms with van der Waals surface area (Å²) in [7, 11) is 1.97. The minimum atomic E-state index is -0.0353. The lowest BCUT2D eigenvalue weighted by Crippen LogP contribution is -2.51. The molecule has 0 unspecified atom stereocenters.